The largest absolute Gasteiger partial charge is 0.355 e. The minimum absolute atomic E-state index is 0. The average molecular weight is 346 g/mol. The third-order valence-corrected chi connectivity index (χ3v) is 4.53. The first-order valence-corrected chi connectivity index (χ1v) is 7.25. The maximum atomic E-state index is 12.3. The number of nitrogens with one attached hydrogen (secondary N) is 2. The van der Waals surface area contributed by atoms with Gasteiger partial charge in [0.1, 0.15) is 0 Å². The number of amides is 1. The Hall–Kier alpha value is -0.580. The molecule has 3 nitrogen and oxygen atoms in total. The van der Waals surface area contributed by atoms with Crippen LogP contribution in [0.4, 0.5) is 0 Å². The molecule has 0 atom stereocenters. The fourth-order valence-electron chi connectivity index (χ4n) is 2.44. The first kappa shape index (κ1) is 14.8. The molecule has 0 bridgehead atoms. The van der Waals surface area contributed by atoms with E-state index in [-0.39, 0.29) is 23.7 Å². The Balaban J connectivity index is 0.00000133. The standard InChI is InChI=1S/C14H17BrN2O.ClH/c15-12-3-1-11(2-4-12)14(5-6-14)13(18)17-9-10-7-16-8-10;/h1-4,10,16H,5-9H2,(H,17,18);1H. The Morgan fingerprint density at radius 1 is 1.32 bits per heavy atom. The predicted octanol–water partition coefficient (Wildman–Crippen LogP) is 2.24. The van der Waals surface area contributed by atoms with Gasteiger partial charge in [-0.05, 0) is 30.5 Å². The van der Waals surface area contributed by atoms with E-state index in [1.807, 2.05) is 12.1 Å². The second kappa shape index (κ2) is 5.81. The SMILES string of the molecule is Cl.O=C(NCC1CNC1)C1(c2ccc(Br)cc2)CC1. The van der Waals surface area contributed by atoms with Crippen molar-refractivity contribution in [2.45, 2.75) is 18.3 Å². The zero-order valence-corrected chi connectivity index (χ0v) is 13.0. The van der Waals surface area contributed by atoms with Gasteiger partial charge in [-0.3, -0.25) is 4.79 Å². The van der Waals surface area contributed by atoms with Crippen molar-refractivity contribution in [3.8, 4) is 0 Å². The van der Waals surface area contributed by atoms with Crippen molar-refractivity contribution in [2.75, 3.05) is 19.6 Å². The van der Waals surface area contributed by atoms with Gasteiger partial charge in [0, 0.05) is 30.0 Å². The van der Waals surface area contributed by atoms with Crippen molar-refractivity contribution in [2.24, 2.45) is 5.92 Å². The van der Waals surface area contributed by atoms with Crippen LogP contribution in [0.5, 0.6) is 0 Å². The van der Waals surface area contributed by atoms with Crippen molar-refractivity contribution in [1.29, 1.82) is 0 Å². The van der Waals surface area contributed by atoms with E-state index in [0.29, 0.717) is 5.92 Å². The van der Waals surface area contributed by atoms with Gasteiger partial charge in [-0.25, -0.2) is 0 Å². The topological polar surface area (TPSA) is 41.1 Å². The van der Waals surface area contributed by atoms with E-state index >= 15 is 0 Å². The molecule has 1 aromatic carbocycles. The van der Waals surface area contributed by atoms with Crippen molar-refractivity contribution in [3.05, 3.63) is 34.3 Å². The van der Waals surface area contributed by atoms with E-state index in [1.165, 1.54) is 0 Å². The molecule has 0 radical (unpaired) electrons. The number of benzene rings is 1. The summed E-state index contributed by atoms with van der Waals surface area (Å²) < 4.78 is 1.06. The van der Waals surface area contributed by atoms with Gasteiger partial charge in [-0.1, -0.05) is 28.1 Å². The zero-order valence-electron chi connectivity index (χ0n) is 10.6. The lowest BCUT2D eigenvalue weighted by molar-refractivity contribution is -0.123. The Labute approximate surface area is 128 Å². The lowest BCUT2D eigenvalue weighted by Gasteiger charge is -2.28. The molecule has 1 aromatic rings. The molecule has 0 spiro atoms. The first-order chi connectivity index (χ1) is 8.71. The van der Waals surface area contributed by atoms with Crippen LogP contribution < -0.4 is 10.6 Å². The number of carbonyl (C=O) groups excluding carboxylic acids is 1. The molecule has 2 N–H and O–H groups in total. The van der Waals surface area contributed by atoms with Crippen LogP contribution in [0.3, 0.4) is 0 Å². The van der Waals surface area contributed by atoms with Crippen LogP contribution in [0.1, 0.15) is 18.4 Å². The smallest absolute Gasteiger partial charge is 0.230 e. The van der Waals surface area contributed by atoms with E-state index in [1.54, 1.807) is 0 Å². The van der Waals surface area contributed by atoms with Crippen LogP contribution in [0, 0.1) is 5.92 Å². The molecule has 0 aromatic heterocycles. The van der Waals surface area contributed by atoms with Gasteiger partial charge in [0.05, 0.1) is 5.41 Å². The van der Waals surface area contributed by atoms with Crippen molar-refractivity contribution >= 4 is 34.2 Å². The zero-order chi connectivity index (χ0) is 12.6. The summed E-state index contributed by atoms with van der Waals surface area (Å²) in [6.45, 7) is 2.88. The highest BCUT2D eigenvalue weighted by atomic mass is 79.9. The van der Waals surface area contributed by atoms with Crippen LogP contribution in [-0.2, 0) is 10.2 Å². The van der Waals surface area contributed by atoms with Gasteiger partial charge in [-0.15, -0.1) is 12.4 Å². The summed E-state index contributed by atoms with van der Waals surface area (Å²) in [5.74, 6) is 0.825. The maximum absolute atomic E-state index is 12.3. The molecule has 2 aliphatic rings. The lowest BCUT2D eigenvalue weighted by Crippen LogP contribution is -2.49. The van der Waals surface area contributed by atoms with Crippen LogP contribution in [-0.4, -0.2) is 25.5 Å². The van der Waals surface area contributed by atoms with E-state index in [0.717, 1.165) is 42.5 Å². The molecule has 5 heteroatoms. The van der Waals surface area contributed by atoms with E-state index in [9.17, 15) is 4.79 Å². The van der Waals surface area contributed by atoms with E-state index in [2.05, 4.69) is 38.7 Å². The number of carbonyl (C=O) groups is 1. The minimum atomic E-state index is -0.238. The molecule has 2 fully saturated rings. The number of hydrogen-bond acceptors (Lipinski definition) is 2. The molecular weight excluding hydrogens is 328 g/mol. The quantitative estimate of drug-likeness (QED) is 0.879. The molecule has 1 heterocycles. The Morgan fingerprint density at radius 2 is 1.95 bits per heavy atom. The minimum Gasteiger partial charge on any atom is -0.355 e. The van der Waals surface area contributed by atoms with Gasteiger partial charge in [-0.2, -0.15) is 0 Å². The monoisotopic (exact) mass is 344 g/mol. The molecule has 1 saturated heterocycles. The highest BCUT2D eigenvalue weighted by Crippen LogP contribution is 2.48. The summed E-state index contributed by atoms with van der Waals surface area (Å²) in [7, 11) is 0. The van der Waals surface area contributed by atoms with Crippen molar-refractivity contribution in [3.63, 3.8) is 0 Å². The van der Waals surface area contributed by atoms with Crippen LogP contribution in [0.15, 0.2) is 28.7 Å². The fraction of sp³-hybridized carbons (Fsp3) is 0.500. The molecule has 3 rings (SSSR count). The highest BCUT2D eigenvalue weighted by Gasteiger charge is 2.51. The number of hydrogen-bond donors (Lipinski definition) is 2. The second-order valence-corrected chi connectivity index (χ2v) is 6.24. The second-order valence-electron chi connectivity index (χ2n) is 5.32. The van der Waals surface area contributed by atoms with E-state index < -0.39 is 0 Å². The molecule has 1 amide bonds. The van der Waals surface area contributed by atoms with Gasteiger partial charge in [0.2, 0.25) is 5.91 Å². The molecule has 1 saturated carbocycles. The molecule has 104 valence electrons. The lowest BCUT2D eigenvalue weighted by atomic mass is 9.94. The van der Waals surface area contributed by atoms with Crippen LogP contribution in [0.2, 0.25) is 0 Å². The van der Waals surface area contributed by atoms with E-state index in [4.69, 9.17) is 0 Å². The summed E-state index contributed by atoms with van der Waals surface area (Å²) in [6, 6.07) is 8.14. The first-order valence-electron chi connectivity index (χ1n) is 6.46. The Bertz CT molecular complexity index is 455. The molecular formula is C14H18BrClN2O. The van der Waals surface area contributed by atoms with Crippen LogP contribution in [0.25, 0.3) is 0 Å². The summed E-state index contributed by atoms with van der Waals surface area (Å²) >= 11 is 3.43. The Morgan fingerprint density at radius 3 is 2.42 bits per heavy atom. The highest BCUT2D eigenvalue weighted by molar-refractivity contribution is 9.10. The van der Waals surface area contributed by atoms with Crippen molar-refractivity contribution < 1.29 is 4.79 Å². The molecule has 1 aliphatic carbocycles. The molecule has 1 aliphatic heterocycles. The fourth-order valence-corrected chi connectivity index (χ4v) is 2.70. The summed E-state index contributed by atoms with van der Waals surface area (Å²) in [5, 5.41) is 6.33. The van der Waals surface area contributed by atoms with Crippen molar-refractivity contribution in [1.82, 2.24) is 10.6 Å². The average Bonchev–Trinajstić information content (AvgIpc) is 3.09. The third-order valence-electron chi connectivity index (χ3n) is 4.00. The maximum Gasteiger partial charge on any atom is 0.230 e. The number of rotatable bonds is 4. The summed E-state index contributed by atoms with van der Waals surface area (Å²) in [4.78, 5) is 12.3. The van der Waals surface area contributed by atoms with Gasteiger partial charge >= 0.3 is 0 Å². The van der Waals surface area contributed by atoms with Gasteiger partial charge < -0.3 is 10.6 Å². The Kier molecular flexibility index (Phi) is 4.54. The van der Waals surface area contributed by atoms with Gasteiger partial charge in [0.25, 0.3) is 0 Å². The predicted molar refractivity (Wildman–Crippen MR) is 81.7 cm³/mol. The summed E-state index contributed by atoms with van der Waals surface area (Å²) in [5.41, 5.74) is 0.910. The summed E-state index contributed by atoms with van der Waals surface area (Å²) in [6.07, 6.45) is 1.95. The van der Waals surface area contributed by atoms with Gasteiger partial charge in [0.15, 0.2) is 0 Å². The molecule has 19 heavy (non-hydrogen) atoms. The van der Waals surface area contributed by atoms with Crippen LogP contribution >= 0.6 is 28.3 Å². The number of halogens is 2. The third kappa shape index (κ3) is 2.96. The molecule has 0 unspecified atom stereocenters. The normalized spacial score (nSPS) is 20.1.